The van der Waals surface area contributed by atoms with Crippen LogP contribution >= 0.6 is 23.2 Å². The zero-order chi connectivity index (χ0) is 24.2. The predicted octanol–water partition coefficient (Wildman–Crippen LogP) is 7.95. The Hall–Kier alpha value is -3.58. The summed E-state index contributed by atoms with van der Waals surface area (Å²) in [5.74, 6) is -0.997. The molecule has 168 valence electrons. The molecule has 3 aromatic carbocycles. The lowest BCUT2D eigenvalue weighted by Gasteiger charge is -2.19. The molecule has 4 rings (SSSR count). The van der Waals surface area contributed by atoms with Crippen LogP contribution in [0.1, 0.15) is 41.2 Å². The second-order valence-corrected chi connectivity index (χ2v) is 8.77. The number of hydrogen-bond donors (Lipinski definition) is 1. The summed E-state index contributed by atoms with van der Waals surface area (Å²) in [6, 6.07) is 23.5. The lowest BCUT2D eigenvalue weighted by atomic mass is 9.85. The van der Waals surface area contributed by atoms with Gasteiger partial charge in [-0.05, 0) is 69.2 Å². The number of benzene rings is 3. The second-order valence-electron chi connectivity index (χ2n) is 7.92. The van der Waals surface area contributed by atoms with E-state index in [1.54, 1.807) is 12.1 Å². The van der Waals surface area contributed by atoms with E-state index in [0.29, 0.717) is 28.5 Å². The predicted molar refractivity (Wildman–Crippen MR) is 139 cm³/mol. The van der Waals surface area contributed by atoms with Gasteiger partial charge in [-0.2, -0.15) is 5.26 Å². The van der Waals surface area contributed by atoms with Crippen molar-refractivity contribution in [2.75, 3.05) is 0 Å². The Morgan fingerprint density at radius 2 is 1.82 bits per heavy atom. The number of hydrogen-bond acceptors (Lipinski definition) is 2. The minimum Gasteiger partial charge on any atom is -0.478 e. The molecule has 34 heavy (non-hydrogen) atoms. The van der Waals surface area contributed by atoms with Gasteiger partial charge in [-0.1, -0.05) is 84.7 Å². The number of fused-ring (bicyclic) bond motifs is 1. The third-order valence-electron chi connectivity index (χ3n) is 5.90. The molecule has 0 fully saturated rings. The highest BCUT2D eigenvalue weighted by Crippen LogP contribution is 2.45. The topological polar surface area (TPSA) is 61.1 Å². The van der Waals surface area contributed by atoms with Crippen LogP contribution < -0.4 is 0 Å². The molecule has 5 heteroatoms. The molecule has 0 radical (unpaired) electrons. The highest BCUT2D eigenvalue weighted by Gasteiger charge is 2.27. The second kappa shape index (κ2) is 10.1. The van der Waals surface area contributed by atoms with Crippen molar-refractivity contribution in [2.45, 2.75) is 19.8 Å². The first-order valence-electron chi connectivity index (χ1n) is 10.8. The Morgan fingerprint density at radius 3 is 2.47 bits per heavy atom. The van der Waals surface area contributed by atoms with Gasteiger partial charge in [0.15, 0.2) is 0 Å². The normalized spacial score (nSPS) is 13.6. The standard InChI is InChI=1S/C29H21Cl2NO2/c1-2-22(24-13-12-21(30)16-27(24)31)29(19-10-7-18(8-11-19)9-14-28(33)34)25-15-20-5-3-4-6-23(20)26(25)17-32/h3-14,16H,2,15H2,1H3,(H,33,34)/b14-9+,29-22+. The Labute approximate surface area is 208 Å². The van der Waals surface area contributed by atoms with Gasteiger partial charge in [0.1, 0.15) is 6.07 Å². The molecule has 0 atom stereocenters. The van der Waals surface area contributed by atoms with E-state index in [1.807, 2.05) is 54.6 Å². The zero-order valence-electron chi connectivity index (χ0n) is 18.5. The van der Waals surface area contributed by atoms with Crippen molar-refractivity contribution in [3.8, 4) is 6.07 Å². The Bertz CT molecular complexity index is 1410. The van der Waals surface area contributed by atoms with E-state index < -0.39 is 5.97 Å². The van der Waals surface area contributed by atoms with E-state index in [-0.39, 0.29) is 0 Å². The number of nitrogens with zero attached hydrogens (tertiary/aromatic N) is 1. The molecule has 1 aliphatic carbocycles. The zero-order valence-corrected chi connectivity index (χ0v) is 20.0. The summed E-state index contributed by atoms with van der Waals surface area (Å²) < 4.78 is 0. The highest BCUT2D eigenvalue weighted by atomic mass is 35.5. The van der Waals surface area contributed by atoms with Gasteiger partial charge in [-0.3, -0.25) is 0 Å². The van der Waals surface area contributed by atoms with Crippen LogP contribution in [0.4, 0.5) is 0 Å². The average molecular weight is 486 g/mol. The molecule has 0 amide bonds. The molecule has 0 heterocycles. The molecule has 0 aliphatic heterocycles. The maximum atomic E-state index is 10.9. The first-order chi connectivity index (χ1) is 16.4. The van der Waals surface area contributed by atoms with Crippen LogP contribution in [-0.2, 0) is 11.2 Å². The number of allylic oxidation sites excluding steroid dienone is 4. The van der Waals surface area contributed by atoms with E-state index in [9.17, 15) is 10.1 Å². The number of nitriles is 1. The van der Waals surface area contributed by atoms with Gasteiger partial charge in [-0.15, -0.1) is 0 Å². The van der Waals surface area contributed by atoms with Crippen molar-refractivity contribution >= 4 is 52.0 Å². The number of carboxylic acids is 1. The van der Waals surface area contributed by atoms with Crippen molar-refractivity contribution in [3.63, 3.8) is 0 Å². The summed E-state index contributed by atoms with van der Waals surface area (Å²) in [7, 11) is 0. The lowest BCUT2D eigenvalue weighted by molar-refractivity contribution is -0.131. The van der Waals surface area contributed by atoms with Crippen LogP contribution in [0.15, 0.2) is 78.4 Å². The first-order valence-corrected chi connectivity index (χ1v) is 11.6. The molecule has 1 N–H and O–H groups in total. The minimum absolute atomic E-state index is 0.553. The number of carboxylic acid groups (broad SMARTS) is 1. The van der Waals surface area contributed by atoms with Gasteiger partial charge in [0, 0.05) is 22.5 Å². The fraction of sp³-hybridized carbons (Fsp3) is 0.103. The quantitative estimate of drug-likeness (QED) is 0.284. The Balaban J connectivity index is 1.97. The molecule has 1 aliphatic rings. The molecule has 3 aromatic rings. The molecule has 0 spiro atoms. The van der Waals surface area contributed by atoms with E-state index in [2.05, 4.69) is 19.1 Å². The third-order valence-corrected chi connectivity index (χ3v) is 6.45. The van der Waals surface area contributed by atoms with Gasteiger partial charge in [0.2, 0.25) is 0 Å². The lowest BCUT2D eigenvalue weighted by Crippen LogP contribution is -1.99. The van der Waals surface area contributed by atoms with E-state index >= 15 is 0 Å². The van der Waals surface area contributed by atoms with E-state index in [4.69, 9.17) is 28.3 Å². The fourth-order valence-electron chi connectivity index (χ4n) is 4.40. The van der Waals surface area contributed by atoms with Crippen molar-refractivity contribution in [3.05, 3.63) is 116 Å². The van der Waals surface area contributed by atoms with Crippen molar-refractivity contribution in [1.29, 1.82) is 5.26 Å². The number of aliphatic carboxylic acids is 1. The maximum absolute atomic E-state index is 10.9. The van der Waals surface area contributed by atoms with Crippen LogP contribution in [0.5, 0.6) is 0 Å². The number of halogens is 2. The average Bonchev–Trinajstić information content (AvgIpc) is 3.20. The summed E-state index contributed by atoms with van der Waals surface area (Å²) in [6.45, 7) is 2.07. The van der Waals surface area contributed by atoms with E-state index in [1.165, 1.54) is 0 Å². The van der Waals surface area contributed by atoms with Gasteiger partial charge < -0.3 is 5.11 Å². The molecule has 0 saturated carbocycles. The molecule has 0 aromatic heterocycles. The van der Waals surface area contributed by atoms with Crippen molar-refractivity contribution in [2.24, 2.45) is 0 Å². The maximum Gasteiger partial charge on any atom is 0.328 e. The fourth-order valence-corrected chi connectivity index (χ4v) is 4.92. The SMILES string of the molecule is CC/C(=C(\C1=C(C#N)c2ccccc2C1)c1ccc(/C=C/C(=O)O)cc1)c1ccc(Cl)cc1Cl. The van der Waals surface area contributed by atoms with Crippen LogP contribution in [0.3, 0.4) is 0 Å². The monoisotopic (exact) mass is 485 g/mol. The third kappa shape index (κ3) is 4.70. The number of carbonyl (C=O) groups is 1. The van der Waals surface area contributed by atoms with Crippen molar-refractivity contribution in [1.82, 2.24) is 0 Å². The van der Waals surface area contributed by atoms with Crippen LogP contribution in [0.25, 0.3) is 22.8 Å². The van der Waals surface area contributed by atoms with Crippen molar-refractivity contribution < 1.29 is 9.90 Å². The largest absolute Gasteiger partial charge is 0.478 e. The summed E-state index contributed by atoms with van der Waals surface area (Å²) >= 11 is 12.8. The van der Waals surface area contributed by atoms with Crippen LogP contribution in [0.2, 0.25) is 10.0 Å². The van der Waals surface area contributed by atoms with E-state index in [0.717, 1.165) is 50.6 Å². The Kier molecular flexibility index (Phi) is 7.03. The summed E-state index contributed by atoms with van der Waals surface area (Å²) in [6.07, 6.45) is 4.00. The molecule has 0 bridgehead atoms. The van der Waals surface area contributed by atoms with Crippen LogP contribution in [-0.4, -0.2) is 11.1 Å². The summed E-state index contributed by atoms with van der Waals surface area (Å²) in [5, 5.41) is 20.2. The summed E-state index contributed by atoms with van der Waals surface area (Å²) in [5.41, 5.74) is 8.26. The van der Waals surface area contributed by atoms with Gasteiger partial charge in [-0.25, -0.2) is 4.79 Å². The molecular formula is C29H21Cl2NO2. The first kappa shape index (κ1) is 23.6. The van der Waals surface area contributed by atoms with Gasteiger partial charge >= 0.3 is 5.97 Å². The minimum atomic E-state index is -0.997. The smallest absolute Gasteiger partial charge is 0.328 e. The van der Waals surface area contributed by atoms with Gasteiger partial charge in [0.25, 0.3) is 0 Å². The Morgan fingerprint density at radius 1 is 1.09 bits per heavy atom. The van der Waals surface area contributed by atoms with Gasteiger partial charge in [0.05, 0.1) is 5.57 Å². The molecular weight excluding hydrogens is 465 g/mol. The molecule has 0 saturated heterocycles. The summed E-state index contributed by atoms with van der Waals surface area (Å²) in [4.78, 5) is 10.9. The van der Waals surface area contributed by atoms with Crippen LogP contribution in [0, 0.1) is 11.3 Å². The molecule has 3 nitrogen and oxygen atoms in total. The molecule has 0 unspecified atom stereocenters. The highest BCUT2D eigenvalue weighted by molar-refractivity contribution is 6.36. The number of rotatable bonds is 6.